The average Bonchev–Trinajstić information content (AvgIpc) is 2.90. The predicted molar refractivity (Wildman–Crippen MR) is 90.3 cm³/mol. The van der Waals surface area contributed by atoms with Crippen LogP contribution in [0.3, 0.4) is 0 Å². The molecule has 1 aromatic heterocycles. The van der Waals surface area contributed by atoms with Gasteiger partial charge in [0.15, 0.2) is 0 Å². The topological polar surface area (TPSA) is 88.4 Å². The van der Waals surface area contributed by atoms with E-state index >= 15 is 0 Å². The quantitative estimate of drug-likeness (QED) is 0.744. The molecule has 24 heavy (non-hydrogen) atoms. The second-order valence-electron chi connectivity index (χ2n) is 5.44. The van der Waals surface area contributed by atoms with Crippen molar-refractivity contribution in [1.82, 2.24) is 9.29 Å². The highest BCUT2D eigenvalue weighted by molar-refractivity contribution is 7.89. The van der Waals surface area contributed by atoms with E-state index in [9.17, 15) is 13.2 Å². The summed E-state index contributed by atoms with van der Waals surface area (Å²) in [5, 5.41) is 9.86. The van der Waals surface area contributed by atoms with Crippen LogP contribution in [0, 0.1) is 0 Å². The molecule has 0 saturated heterocycles. The highest BCUT2D eigenvalue weighted by Crippen LogP contribution is 2.20. The first-order valence-electron chi connectivity index (χ1n) is 7.24. The third-order valence-electron chi connectivity index (χ3n) is 3.84. The number of carboxylic acids is 1. The fraction of sp³-hybridized carbons (Fsp3) is 0.118. The smallest absolute Gasteiger partial charge is 0.335 e. The number of nitrogens with zero attached hydrogens (tertiary/aromatic N) is 1. The summed E-state index contributed by atoms with van der Waals surface area (Å²) >= 11 is 0. The largest absolute Gasteiger partial charge is 0.478 e. The Bertz CT molecular complexity index is 1000. The van der Waals surface area contributed by atoms with Gasteiger partial charge < -0.3 is 9.67 Å². The Morgan fingerprint density at radius 1 is 1.12 bits per heavy atom. The van der Waals surface area contributed by atoms with E-state index < -0.39 is 16.0 Å². The molecule has 2 N–H and O–H groups in total. The lowest BCUT2D eigenvalue weighted by Crippen LogP contribution is -2.23. The Morgan fingerprint density at radius 3 is 2.46 bits per heavy atom. The number of aromatic nitrogens is 1. The van der Waals surface area contributed by atoms with Gasteiger partial charge in [0.2, 0.25) is 10.0 Å². The first-order valence-corrected chi connectivity index (χ1v) is 8.73. The van der Waals surface area contributed by atoms with E-state index in [0.29, 0.717) is 0 Å². The van der Waals surface area contributed by atoms with Crippen LogP contribution >= 0.6 is 0 Å². The SMILES string of the molecule is Cn1cc(CNS(=O)(=O)c2ccc(C(=O)O)cc2)c2ccccc21. The van der Waals surface area contributed by atoms with Crippen LogP contribution in [0.5, 0.6) is 0 Å². The van der Waals surface area contributed by atoms with Gasteiger partial charge in [0, 0.05) is 30.7 Å². The first kappa shape index (κ1) is 16.2. The van der Waals surface area contributed by atoms with Gasteiger partial charge in [-0.15, -0.1) is 0 Å². The van der Waals surface area contributed by atoms with Crippen LogP contribution in [0.2, 0.25) is 0 Å². The van der Waals surface area contributed by atoms with Gasteiger partial charge >= 0.3 is 5.97 Å². The molecule has 7 heteroatoms. The molecule has 0 amide bonds. The summed E-state index contributed by atoms with van der Waals surface area (Å²) in [4.78, 5) is 10.9. The number of benzene rings is 2. The number of para-hydroxylation sites is 1. The van der Waals surface area contributed by atoms with E-state index in [2.05, 4.69) is 4.72 Å². The van der Waals surface area contributed by atoms with Crippen LogP contribution < -0.4 is 4.72 Å². The zero-order chi connectivity index (χ0) is 17.3. The summed E-state index contributed by atoms with van der Waals surface area (Å²) < 4.78 is 29.2. The van der Waals surface area contributed by atoms with Crippen molar-refractivity contribution < 1.29 is 18.3 Å². The molecule has 6 nitrogen and oxygen atoms in total. The number of hydrogen-bond acceptors (Lipinski definition) is 3. The second kappa shape index (κ2) is 6.10. The van der Waals surface area contributed by atoms with Crippen molar-refractivity contribution in [3.63, 3.8) is 0 Å². The van der Waals surface area contributed by atoms with Crippen LogP contribution in [0.25, 0.3) is 10.9 Å². The second-order valence-corrected chi connectivity index (χ2v) is 7.20. The van der Waals surface area contributed by atoms with Gasteiger partial charge in [-0.2, -0.15) is 0 Å². The number of carbonyl (C=O) groups is 1. The Balaban J connectivity index is 1.83. The fourth-order valence-corrected chi connectivity index (χ4v) is 3.61. The number of nitrogens with one attached hydrogen (secondary N) is 1. The van der Waals surface area contributed by atoms with Gasteiger partial charge in [0.25, 0.3) is 0 Å². The third-order valence-corrected chi connectivity index (χ3v) is 5.26. The van der Waals surface area contributed by atoms with E-state index in [1.807, 2.05) is 42.1 Å². The van der Waals surface area contributed by atoms with Crippen molar-refractivity contribution >= 4 is 26.9 Å². The van der Waals surface area contributed by atoms with E-state index in [1.165, 1.54) is 24.3 Å². The molecule has 124 valence electrons. The summed E-state index contributed by atoms with van der Waals surface area (Å²) in [6.45, 7) is 0.157. The highest BCUT2D eigenvalue weighted by atomic mass is 32.2. The molecule has 3 aromatic rings. The lowest BCUT2D eigenvalue weighted by Gasteiger charge is -2.06. The molecule has 0 aliphatic rings. The lowest BCUT2D eigenvalue weighted by atomic mass is 10.2. The number of hydrogen-bond donors (Lipinski definition) is 2. The van der Waals surface area contributed by atoms with Crippen molar-refractivity contribution in [2.45, 2.75) is 11.4 Å². The van der Waals surface area contributed by atoms with Crippen molar-refractivity contribution in [1.29, 1.82) is 0 Å². The zero-order valence-electron chi connectivity index (χ0n) is 12.9. The monoisotopic (exact) mass is 344 g/mol. The molecule has 0 radical (unpaired) electrons. The number of aryl methyl sites for hydroxylation is 1. The number of carboxylic acid groups (broad SMARTS) is 1. The Kier molecular flexibility index (Phi) is 4.13. The zero-order valence-corrected chi connectivity index (χ0v) is 13.7. The van der Waals surface area contributed by atoms with Crippen molar-refractivity contribution in [2.24, 2.45) is 7.05 Å². The number of rotatable bonds is 5. The van der Waals surface area contributed by atoms with Gasteiger partial charge in [-0.1, -0.05) is 18.2 Å². The van der Waals surface area contributed by atoms with Crippen LogP contribution in [0.1, 0.15) is 15.9 Å². The van der Waals surface area contributed by atoms with Crippen LogP contribution in [0.15, 0.2) is 59.6 Å². The van der Waals surface area contributed by atoms with Crippen LogP contribution in [-0.4, -0.2) is 24.1 Å². The maximum absolute atomic E-state index is 12.4. The fourth-order valence-electron chi connectivity index (χ4n) is 2.60. The summed E-state index contributed by atoms with van der Waals surface area (Å²) in [7, 11) is -1.80. The number of fused-ring (bicyclic) bond motifs is 1. The third kappa shape index (κ3) is 3.04. The molecule has 0 saturated carbocycles. The molecule has 0 atom stereocenters. The van der Waals surface area contributed by atoms with Crippen molar-refractivity contribution in [2.75, 3.05) is 0 Å². The molecule has 0 bridgehead atoms. The van der Waals surface area contributed by atoms with Gasteiger partial charge in [-0.3, -0.25) is 0 Å². The minimum atomic E-state index is -3.71. The van der Waals surface area contributed by atoms with E-state index in [0.717, 1.165) is 16.5 Å². The Morgan fingerprint density at radius 2 is 1.79 bits per heavy atom. The Hall–Kier alpha value is -2.64. The molecule has 0 aliphatic carbocycles. The Labute approximate surface area is 139 Å². The maximum atomic E-state index is 12.4. The van der Waals surface area contributed by atoms with Crippen molar-refractivity contribution in [3.05, 3.63) is 65.9 Å². The molecule has 0 unspecified atom stereocenters. The summed E-state index contributed by atoms with van der Waals surface area (Å²) in [6, 6.07) is 12.9. The first-order chi connectivity index (χ1) is 11.4. The molecular formula is C17H16N2O4S. The van der Waals surface area contributed by atoms with Crippen LogP contribution in [-0.2, 0) is 23.6 Å². The standard InChI is InChI=1S/C17H16N2O4S/c1-19-11-13(15-4-2-3-5-16(15)19)10-18-24(22,23)14-8-6-12(7-9-14)17(20)21/h2-9,11,18H,10H2,1H3,(H,20,21). The average molecular weight is 344 g/mol. The molecule has 3 rings (SSSR count). The number of aromatic carboxylic acids is 1. The molecule has 2 aromatic carbocycles. The number of sulfonamides is 1. The van der Waals surface area contributed by atoms with Crippen molar-refractivity contribution in [3.8, 4) is 0 Å². The van der Waals surface area contributed by atoms with Crippen LogP contribution in [0.4, 0.5) is 0 Å². The van der Waals surface area contributed by atoms with E-state index in [4.69, 9.17) is 5.11 Å². The lowest BCUT2D eigenvalue weighted by molar-refractivity contribution is 0.0696. The molecule has 0 spiro atoms. The summed E-state index contributed by atoms with van der Waals surface area (Å²) in [6.07, 6.45) is 1.89. The molecular weight excluding hydrogens is 328 g/mol. The van der Waals surface area contributed by atoms with Gasteiger partial charge in [-0.05, 0) is 35.9 Å². The summed E-state index contributed by atoms with van der Waals surface area (Å²) in [5.41, 5.74) is 1.94. The predicted octanol–water partition coefficient (Wildman–Crippen LogP) is 2.36. The minimum absolute atomic E-state index is 0.0349. The normalized spacial score (nSPS) is 11.7. The molecule has 1 heterocycles. The molecule has 0 fully saturated rings. The molecule has 0 aliphatic heterocycles. The minimum Gasteiger partial charge on any atom is -0.478 e. The van der Waals surface area contributed by atoms with Gasteiger partial charge in [0.1, 0.15) is 0 Å². The highest BCUT2D eigenvalue weighted by Gasteiger charge is 2.16. The van der Waals surface area contributed by atoms with E-state index in [-0.39, 0.29) is 17.0 Å². The summed E-state index contributed by atoms with van der Waals surface area (Å²) in [5.74, 6) is -1.09. The maximum Gasteiger partial charge on any atom is 0.335 e. The van der Waals surface area contributed by atoms with Gasteiger partial charge in [0.05, 0.1) is 10.5 Å². The van der Waals surface area contributed by atoms with E-state index in [1.54, 1.807) is 0 Å². The van der Waals surface area contributed by atoms with Gasteiger partial charge in [-0.25, -0.2) is 17.9 Å².